The lowest BCUT2D eigenvalue weighted by molar-refractivity contribution is -0.145. The molecule has 2 aromatic carbocycles. The number of likely N-dealkylation sites (tertiary alicyclic amines) is 1. The molecule has 4 rings (SSSR count). The molecule has 1 aliphatic rings. The number of carbonyl (C=O) groups is 2. The van der Waals surface area contributed by atoms with Gasteiger partial charge in [-0.15, -0.1) is 0 Å². The summed E-state index contributed by atoms with van der Waals surface area (Å²) in [5, 5.41) is 9.72. The van der Waals surface area contributed by atoms with Crippen LogP contribution in [-0.2, 0) is 22.4 Å². The van der Waals surface area contributed by atoms with Gasteiger partial charge < -0.3 is 23.9 Å². The normalized spacial score (nSPS) is 17.3. The second-order valence-corrected chi connectivity index (χ2v) is 10.6. The van der Waals surface area contributed by atoms with Gasteiger partial charge in [-0.1, -0.05) is 44.2 Å². The van der Waals surface area contributed by atoms with E-state index in [0.29, 0.717) is 51.5 Å². The third-order valence-electron chi connectivity index (χ3n) is 7.10. The number of aryl methyl sites for hydroxylation is 2. The minimum atomic E-state index is -0.794. The molecule has 8 heteroatoms. The molecule has 1 aliphatic heterocycles. The summed E-state index contributed by atoms with van der Waals surface area (Å²) in [6, 6.07) is 17.7. The Morgan fingerprint density at radius 2 is 1.85 bits per heavy atom. The van der Waals surface area contributed by atoms with Crippen LogP contribution in [0.3, 0.4) is 0 Å². The molecule has 0 saturated carbocycles. The highest BCUT2D eigenvalue weighted by Crippen LogP contribution is 2.29. The van der Waals surface area contributed by atoms with Crippen molar-refractivity contribution >= 4 is 12.1 Å². The van der Waals surface area contributed by atoms with Crippen molar-refractivity contribution in [3.05, 3.63) is 71.6 Å². The molecule has 1 fully saturated rings. The number of oxazole rings is 1. The van der Waals surface area contributed by atoms with Gasteiger partial charge in [0.15, 0.2) is 0 Å². The number of aromatic nitrogens is 1. The topological polar surface area (TPSA) is 102 Å². The smallest absolute Gasteiger partial charge is 0.409 e. The van der Waals surface area contributed by atoms with E-state index in [4.69, 9.17) is 13.9 Å². The number of hydrogen-bond donors (Lipinski definition) is 1. The SMILES string of the molecule is Cc1oc(-c2ccccc2)nc1CCOc1ccc(CC[C@@H]2CN(C(=O)OCC(C)C)CC[C@@H]2C(=O)O)cc1. The molecule has 3 aromatic rings. The number of carboxylic acid groups (broad SMARTS) is 1. The first-order chi connectivity index (χ1) is 18.8. The molecular formula is C31H38N2O6. The average molecular weight is 535 g/mol. The molecule has 1 amide bonds. The van der Waals surface area contributed by atoms with E-state index in [-0.39, 0.29) is 17.9 Å². The fourth-order valence-corrected chi connectivity index (χ4v) is 4.88. The first kappa shape index (κ1) is 28.2. The van der Waals surface area contributed by atoms with E-state index in [9.17, 15) is 14.7 Å². The lowest BCUT2D eigenvalue weighted by atomic mass is 9.82. The number of hydrogen-bond acceptors (Lipinski definition) is 6. The van der Waals surface area contributed by atoms with Gasteiger partial charge in [0, 0.05) is 25.1 Å². The number of benzene rings is 2. The zero-order chi connectivity index (χ0) is 27.8. The van der Waals surface area contributed by atoms with E-state index in [2.05, 4.69) is 4.98 Å². The van der Waals surface area contributed by atoms with Gasteiger partial charge in [-0.3, -0.25) is 4.79 Å². The molecule has 208 valence electrons. The minimum absolute atomic E-state index is 0.120. The first-order valence-corrected chi connectivity index (χ1v) is 13.7. The van der Waals surface area contributed by atoms with E-state index >= 15 is 0 Å². The Labute approximate surface area is 229 Å². The highest BCUT2D eigenvalue weighted by molar-refractivity contribution is 5.72. The van der Waals surface area contributed by atoms with Gasteiger partial charge >= 0.3 is 12.1 Å². The van der Waals surface area contributed by atoms with Gasteiger partial charge in [0.2, 0.25) is 5.89 Å². The molecule has 8 nitrogen and oxygen atoms in total. The van der Waals surface area contributed by atoms with Crippen molar-refractivity contribution in [2.45, 2.75) is 46.5 Å². The fourth-order valence-electron chi connectivity index (χ4n) is 4.88. The van der Waals surface area contributed by atoms with E-state index in [1.54, 1.807) is 4.90 Å². The van der Waals surface area contributed by atoms with Gasteiger partial charge in [0.25, 0.3) is 0 Å². The molecule has 2 atom stereocenters. The Bertz CT molecular complexity index is 1220. The van der Waals surface area contributed by atoms with E-state index in [0.717, 1.165) is 34.8 Å². The van der Waals surface area contributed by atoms with Crippen LogP contribution < -0.4 is 4.74 Å². The standard InChI is InChI=1S/C31H38N2O6/c1-21(2)20-38-31(36)33-17-15-27(30(34)35)25(19-33)12-9-23-10-13-26(14-11-23)37-18-16-28-22(3)39-29(32-28)24-7-5-4-6-8-24/h4-8,10-11,13-14,21,25,27H,9,12,15-20H2,1-3H3,(H,34,35)/t25-,27+/m1/s1. The summed E-state index contributed by atoms with van der Waals surface area (Å²) < 4.78 is 17.1. The van der Waals surface area contributed by atoms with Crippen molar-refractivity contribution in [2.75, 3.05) is 26.3 Å². The largest absolute Gasteiger partial charge is 0.493 e. The molecule has 0 radical (unpaired) electrons. The zero-order valence-corrected chi connectivity index (χ0v) is 23.0. The minimum Gasteiger partial charge on any atom is -0.493 e. The van der Waals surface area contributed by atoms with Gasteiger partial charge in [-0.05, 0) is 67.9 Å². The molecule has 2 heterocycles. The van der Waals surface area contributed by atoms with Crippen molar-refractivity contribution in [3.63, 3.8) is 0 Å². The summed E-state index contributed by atoms with van der Waals surface area (Å²) >= 11 is 0. The molecule has 0 aliphatic carbocycles. The van der Waals surface area contributed by atoms with Crippen LogP contribution in [0.1, 0.15) is 43.7 Å². The summed E-state index contributed by atoms with van der Waals surface area (Å²) in [4.78, 5) is 30.6. The summed E-state index contributed by atoms with van der Waals surface area (Å²) in [5.74, 6) is 1.06. The number of piperidine rings is 1. The van der Waals surface area contributed by atoms with E-state index < -0.39 is 11.9 Å². The highest BCUT2D eigenvalue weighted by Gasteiger charge is 2.36. The molecule has 0 unspecified atom stereocenters. The second kappa shape index (κ2) is 13.3. The Balaban J connectivity index is 1.26. The van der Waals surface area contributed by atoms with Gasteiger partial charge in [0.1, 0.15) is 11.5 Å². The number of amides is 1. The predicted molar refractivity (Wildman–Crippen MR) is 148 cm³/mol. The van der Waals surface area contributed by atoms with Crippen molar-refractivity contribution < 1.29 is 28.6 Å². The molecule has 1 N–H and O–H groups in total. The third-order valence-corrected chi connectivity index (χ3v) is 7.10. The maximum absolute atomic E-state index is 12.4. The molecule has 1 aromatic heterocycles. The zero-order valence-electron chi connectivity index (χ0n) is 23.0. The van der Waals surface area contributed by atoms with Crippen LogP contribution in [0.4, 0.5) is 4.79 Å². The Morgan fingerprint density at radius 3 is 2.54 bits per heavy atom. The highest BCUT2D eigenvalue weighted by atomic mass is 16.6. The van der Waals surface area contributed by atoms with E-state index in [1.807, 2.05) is 75.4 Å². The van der Waals surface area contributed by atoms with Crippen LogP contribution in [0, 0.1) is 24.7 Å². The van der Waals surface area contributed by atoms with E-state index in [1.165, 1.54) is 0 Å². The number of carbonyl (C=O) groups excluding carboxylic acids is 1. The van der Waals surface area contributed by atoms with Crippen LogP contribution in [0.15, 0.2) is 59.0 Å². The van der Waals surface area contributed by atoms with Crippen molar-refractivity contribution in [1.82, 2.24) is 9.88 Å². The van der Waals surface area contributed by atoms with Gasteiger partial charge in [-0.25, -0.2) is 9.78 Å². The van der Waals surface area contributed by atoms with Crippen LogP contribution in [0.5, 0.6) is 5.75 Å². The van der Waals surface area contributed by atoms with Crippen molar-refractivity contribution in [1.29, 1.82) is 0 Å². The van der Waals surface area contributed by atoms with Crippen LogP contribution in [-0.4, -0.2) is 53.4 Å². The summed E-state index contributed by atoms with van der Waals surface area (Å²) in [6.07, 6.45) is 2.14. The summed E-state index contributed by atoms with van der Waals surface area (Å²) in [6.45, 7) is 7.55. The van der Waals surface area contributed by atoms with Crippen LogP contribution in [0.2, 0.25) is 0 Å². The Morgan fingerprint density at radius 1 is 1.10 bits per heavy atom. The monoisotopic (exact) mass is 534 g/mol. The fraction of sp³-hybridized carbons (Fsp3) is 0.452. The van der Waals surface area contributed by atoms with Crippen LogP contribution in [0.25, 0.3) is 11.5 Å². The summed E-state index contributed by atoms with van der Waals surface area (Å²) in [5.41, 5.74) is 2.93. The lowest BCUT2D eigenvalue weighted by Gasteiger charge is -2.36. The quantitative estimate of drug-likeness (QED) is 0.321. The number of nitrogens with zero attached hydrogens (tertiary/aromatic N) is 2. The van der Waals surface area contributed by atoms with Crippen LogP contribution >= 0.6 is 0 Å². The summed E-state index contributed by atoms with van der Waals surface area (Å²) in [7, 11) is 0. The number of aliphatic carboxylic acids is 1. The maximum Gasteiger partial charge on any atom is 0.409 e. The number of rotatable bonds is 11. The molecule has 0 bridgehead atoms. The molecule has 39 heavy (non-hydrogen) atoms. The lowest BCUT2D eigenvalue weighted by Crippen LogP contribution is -2.46. The Kier molecular flexibility index (Phi) is 9.63. The molecule has 1 saturated heterocycles. The van der Waals surface area contributed by atoms with Crippen molar-refractivity contribution in [2.24, 2.45) is 17.8 Å². The third kappa shape index (κ3) is 7.85. The van der Waals surface area contributed by atoms with Crippen molar-refractivity contribution in [3.8, 4) is 17.2 Å². The second-order valence-electron chi connectivity index (χ2n) is 10.6. The predicted octanol–water partition coefficient (Wildman–Crippen LogP) is 6.02. The average Bonchev–Trinajstić information content (AvgIpc) is 3.31. The Hall–Kier alpha value is -3.81. The molecule has 0 spiro atoms. The number of carboxylic acids is 1. The number of ether oxygens (including phenoxy) is 2. The molecular weight excluding hydrogens is 496 g/mol. The van der Waals surface area contributed by atoms with Gasteiger partial charge in [-0.2, -0.15) is 0 Å². The first-order valence-electron chi connectivity index (χ1n) is 13.7. The van der Waals surface area contributed by atoms with Gasteiger partial charge in [0.05, 0.1) is 24.8 Å². The maximum atomic E-state index is 12.4.